The molecule has 1 saturated heterocycles. The van der Waals surface area contributed by atoms with Crippen LogP contribution in [-0.4, -0.2) is 62.4 Å². The first-order chi connectivity index (χ1) is 13.0. The molecular weight excluding hydrogens is 374 g/mol. The van der Waals surface area contributed by atoms with E-state index in [4.69, 9.17) is 20.0 Å². The van der Waals surface area contributed by atoms with Crippen molar-refractivity contribution in [3.05, 3.63) is 11.8 Å². The van der Waals surface area contributed by atoms with Crippen molar-refractivity contribution in [3.63, 3.8) is 0 Å². The third-order valence-corrected chi connectivity index (χ3v) is 3.66. The van der Waals surface area contributed by atoms with Gasteiger partial charge in [0, 0.05) is 26.1 Å². The normalized spacial score (nSPS) is 17.3. The van der Waals surface area contributed by atoms with E-state index in [9.17, 15) is 14.4 Å². The number of esters is 2. The van der Waals surface area contributed by atoms with Crippen LogP contribution in [-0.2, 0) is 33.4 Å². The fraction of sp³-hybridized carbons (Fsp3) is 0.647. The summed E-state index contributed by atoms with van der Waals surface area (Å²) in [4.78, 5) is 40.3. The minimum atomic E-state index is -1.10. The molecule has 3 N–H and O–H groups in total. The van der Waals surface area contributed by atoms with Crippen LogP contribution in [0.2, 0.25) is 0 Å². The maximum Gasteiger partial charge on any atom is 0.408 e. The first-order valence-corrected chi connectivity index (χ1v) is 8.51. The Kier molecular flexibility index (Phi) is 8.23. The van der Waals surface area contributed by atoms with Crippen molar-refractivity contribution in [2.24, 2.45) is 10.9 Å². The van der Waals surface area contributed by atoms with E-state index in [0.29, 0.717) is 26.1 Å². The highest BCUT2D eigenvalue weighted by molar-refractivity contribution is 5.95. The molecule has 28 heavy (non-hydrogen) atoms. The standard InChI is InChI=1S/C17H27N3O8/c1-16(2,3)27-15(23)19-17(6-8-26-9-7-17)14(18)20-28-11(13(22)25-5)10-12(21)24-4/h10H,6-9H2,1-5H3,(H2,18,20)(H,19,23). The number of carbonyl (C=O) groups is 3. The van der Waals surface area contributed by atoms with Gasteiger partial charge in [0.1, 0.15) is 11.1 Å². The highest BCUT2D eigenvalue weighted by Gasteiger charge is 2.40. The number of oxime groups is 1. The molecule has 11 heteroatoms. The molecule has 0 aromatic heterocycles. The van der Waals surface area contributed by atoms with Crippen molar-refractivity contribution in [3.8, 4) is 0 Å². The number of nitrogens with two attached hydrogens (primary N) is 1. The molecule has 1 aliphatic heterocycles. The minimum Gasteiger partial charge on any atom is -0.466 e. The Morgan fingerprint density at radius 3 is 2.25 bits per heavy atom. The average Bonchev–Trinajstić information content (AvgIpc) is 2.62. The summed E-state index contributed by atoms with van der Waals surface area (Å²) >= 11 is 0. The van der Waals surface area contributed by atoms with Crippen molar-refractivity contribution in [1.29, 1.82) is 0 Å². The van der Waals surface area contributed by atoms with Gasteiger partial charge in [0.15, 0.2) is 5.84 Å². The van der Waals surface area contributed by atoms with Gasteiger partial charge in [-0.05, 0) is 20.8 Å². The number of rotatable bonds is 6. The topological polar surface area (TPSA) is 148 Å². The molecule has 1 fully saturated rings. The highest BCUT2D eigenvalue weighted by Crippen LogP contribution is 2.22. The Morgan fingerprint density at radius 2 is 1.75 bits per heavy atom. The fourth-order valence-corrected chi connectivity index (χ4v) is 2.24. The first kappa shape index (κ1) is 23.2. The average molecular weight is 401 g/mol. The lowest BCUT2D eigenvalue weighted by Gasteiger charge is -2.37. The zero-order valence-electron chi connectivity index (χ0n) is 16.7. The molecule has 0 unspecified atom stereocenters. The molecule has 0 bridgehead atoms. The van der Waals surface area contributed by atoms with Crippen LogP contribution in [0.15, 0.2) is 17.0 Å². The second kappa shape index (κ2) is 9.93. The molecule has 1 heterocycles. The number of ether oxygens (including phenoxy) is 4. The smallest absolute Gasteiger partial charge is 0.408 e. The van der Waals surface area contributed by atoms with Gasteiger partial charge in [-0.25, -0.2) is 14.4 Å². The van der Waals surface area contributed by atoms with Crippen LogP contribution in [0.4, 0.5) is 4.79 Å². The summed E-state index contributed by atoms with van der Waals surface area (Å²) < 4.78 is 19.6. The predicted molar refractivity (Wildman–Crippen MR) is 97.0 cm³/mol. The van der Waals surface area contributed by atoms with Gasteiger partial charge < -0.3 is 34.8 Å². The predicted octanol–water partition coefficient (Wildman–Crippen LogP) is 0.579. The van der Waals surface area contributed by atoms with Gasteiger partial charge in [-0.3, -0.25) is 0 Å². The lowest BCUT2D eigenvalue weighted by Crippen LogP contribution is -2.60. The van der Waals surface area contributed by atoms with E-state index in [0.717, 1.165) is 20.3 Å². The van der Waals surface area contributed by atoms with Crippen molar-refractivity contribution in [2.75, 3.05) is 27.4 Å². The fourth-order valence-electron chi connectivity index (χ4n) is 2.24. The maximum atomic E-state index is 12.2. The second-order valence-corrected chi connectivity index (χ2v) is 6.91. The molecule has 158 valence electrons. The van der Waals surface area contributed by atoms with Gasteiger partial charge in [0.25, 0.3) is 0 Å². The summed E-state index contributed by atoms with van der Waals surface area (Å²) in [6.45, 7) is 5.81. The lowest BCUT2D eigenvalue weighted by atomic mass is 9.89. The van der Waals surface area contributed by atoms with Gasteiger partial charge >= 0.3 is 18.0 Å². The van der Waals surface area contributed by atoms with Crippen LogP contribution in [0.25, 0.3) is 0 Å². The van der Waals surface area contributed by atoms with Crippen LogP contribution in [0.3, 0.4) is 0 Å². The van der Waals surface area contributed by atoms with Crippen LogP contribution >= 0.6 is 0 Å². The van der Waals surface area contributed by atoms with E-state index in [1.54, 1.807) is 20.8 Å². The zero-order valence-corrected chi connectivity index (χ0v) is 16.7. The van der Waals surface area contributed by atoms with E-state index in [1.165, 1.54) is 0 Å². The molecule has 0 aliphatic carbocycles. The second-order valence-electron chi connectivity index (χ2n) is 6.91. The Balaban J connectivity index is 3.06. The number of hydrogen-bond donors (Lipinski definition) is 2. The third-order valence-electron chi connectivity index (χ3n) is 3.66. The molecule has 0 radical (unpaired) electrons. The number of alkyl carbamates (subject to hydrolysis) is 1. The zero-order chi connectivity index (χ0) is 21.4. The van der Waals surface area contributed by atoms with Gasteiger partial charge in [-0.1, -0.05) is 5.16 Å². The molecule has 1 aliphatic rings. The Morgan fingerprint density at radius 1 is 1.14 bits per heavy atom. The van der Waals surface area contributed by atoms with Crippen LogP contribution in [0, 0.1) is 0 Å². The summed E-state index contributed by atoms with van der Waals surface area (Å²) in [6.07, 6.45) is 0.685. The van der Waals surface area contributed by atoms with Gasteiger partial charge in [-0.15, -0.1) is 0 Å². The van der Waals surface area contributed by atoms with Gasteiger partial charge in [0.2, 0.25) is 5.76 Å². The van der Waals surface area contributed by atoms with Crippen molar-refractivity contribution >= 4 is 23.9 Å². The summed E-state index contributed by atoms with van der Waals surface area (Å²) in [6, 6.07) is 0. The first-order valence-electron chi connectivity index (χ1n) is 8.51. The Bertz CT molecular complexity index is 645. The quantitative estimate of drug-likeness (QED) is 0.124. The van der Waals surface area contributed by atoms with E-state index in [1.807, 2.05) is 0 Å². The van der Waals surface area contributed by atoms with Crippen LogP contribution < -0.4 is 11.1 Å². The summed E-state index contributed by atoms with van der Waals surface area (Å²) in [5, 5.41) is 6.42. The van der Waals surface area contributed by atoms with E-state index >= 15 is 0 Å². The van der Waals surface area contributed by atoms with Crippen molar-refractivity contribution < 1.29 is 38.2 Å². The number of carbonyl (C=O) groups excluding carboxylic acids is 3. The number of hydrogen-bond acceptors (Lipinski definition) is 9. The van der Waals surface area contributed by atoms with E-state index < -0.39 is 34.9 Å². The summed E-state index contributed by atoms with van der Waals surface area (Å²) in [5.74, 6) is -2.46. The number of nitrogens with zero attached hydrogens (tertiary/aromatic N) is 1. The van der Waals surface area contributed by atoms with Crippen LogP contribution in [0.1, 0.15) is 33.6 Å². The molecule has 0 aromatic carbocycles. The molecule has 11 nitrogen and oxygen atoms in total. The molecule has 0 spiro atoms. The SMILES string of the molecule is COC(=O)C=C(ON=C(N)C1(NC(=O)OC(C)(C)C)CCOCC1)C(=O)OC. The van der Waals surface area contributed by atoms with Crippen molar-refractivity contribution in [2.45, 2.75) is 44.8 Å². The molecule has 1 rings (SSSR count). The largest absolute Gasteiger partial charge is 0.466 e. The third kappa shape index (κ3) is 7.06. The monoisotopic (exact) mass is 401 g/mol. The van der Waals surface area contributed by atoms with Crippen LogP contribution in [0.5, 0.6) is 0 Å². The number of amides is 1. The highest BCUT2D eigenvalue weighted by atomic mass is 16.7. The number of methoxy groups -OCH3 is 2. The van der Waals surface area contributed by atoms with E-state index in [2.05, 4.69) is 19.9 Å². The van der Waals surface area contributed by atoms with Gasteiger partial charge in [-0.2, -0.15) is 0 Å². The summed E-state index contributed by atoms with van der Waals surface area (Å²) in [5.41, 5.74) is 4.24. The Labute approximate surface area is 163 Å². The molecule has 0 atom stereocenters. The van der Waals surface area contributed by atoms with Crippen molar-refractivity contribution in [1.82, 2.24) is 5.32 Å². The van der Waals surface area contributed by atoms with E-state index in [-0.39, 0.29) is 5.84 Å². The van der Waals surface area contributed by atoms with Gasteiger partial charge in [0.05, 0.1) is 20.3 Å². The number of nitrogens with one attached hydrogen (secondary N) is 1. The molecule has 0 aromatic rings. The Hall–Kier alpha value is -2.82. The number of amidine groups is 1. The minimum absolute atomic E-state index is 0.124. The lowest BCUT2D eigenvalue weighted by molar-refractivity contribution is -0.142. The molecule has 1 amide bonds. The summed E-state index contributed by atoms with van der Waals surface area (Å²) in [7, 11) is 2.24. The maximum absolute atomic E-state index is 12.2. The molecular formula is C17H27N3O8. The molecule has 0 saturated carbocycles.